The maximum absolute atomic E-state index is 12.8. The van der Waals surface area contributed by atoms with E-state index in [1.807, 2.05) is 12.1 Å². The van der Waals surface area contributed by atoms with Crippen molar-refractivity contribution in [2.24, 2.45) is 0 Å². The van der Waals surface area contributed by atoms with Crippen molar-refractivity contribution in [3.05, 3.63) is 53.1 Å². The Kier molecular flexibility index (Phi) is 7.90. The molecule has 0 atom stereocenters. The maximum atomic E-state index is 12.8. The zero-order valence-corrected chi connectivity index (χ0v) is 19.5. The van der Waals surface area contributed by atoms with Gasteiger partial charge in [0.15, 0.2) is 15.8 Å². The van der Waals surface area contributed by atoms with E-state index < -0.39 is 5.91 Å². The van der Waals surface area contributed by atoms with E-state index in [0.29, 0.717) is 32.3 Å². The van der Waals surface area contributed by atoms with E-state index in [0.717, 1.165) is 5.56 Å². The van der Waals surface area contributed by atoms with Crippen molar-refractivity contribution in [1.82, 2.24) is 10.2 Å². The fourth-order valence-corrected chi connectivity index (χ4v) is 4.47. The molecule has 3 rings (SSSR count). The molecule has 0 fully saturated rings. The molecule has 1 N–H and O–H groups in total. The average molecular weight is 476 g/mol. The molecule has 1 aromatic heterocycles. The average Bonchev–Trinajstić information content (AvgIpc) is 3.28. The number of amides is 1. The van der Waals surface area contributed by atoms with E-state index in [-0.39, 0.29) is 17.3 Å². The molecule has 11 heteroatoms. The summed E-state index contributed by atoms with van der Waals surface area (Å²) in [6.45, 7) is 0. The van der Waals surface area contributed by atoms with E-state index in [1.165, 1.54) is 51.5 Å². The molecule has 0 saturated carbocycles. The lowest BCUT2D eigenvalue weighted by Crippen LogP contribution is -2.13. The number of esters is 1. The Bertz CT molecular complexity index is 1100. The van der Waals surface area contributed by atoms with Gasteiger partial charge in [0.05, 0.1) is 39.6 Å². The Labute approximate surface area is 193 Å². The Morgan fingerprint density at radius 3 is 2.28 bits per heavy atom. The number of nitrogens with one attached hydrogen (secondary N) is 1. The number of rotatable bonds is 9. The van der Waals surface area contributed by atoms with Gasteiger partial charge >= 0.3 is 5.97 Å². The molecule has 0 aliphatic heterocycles. The molecule has 9 nitrogen and oxygen atoms in total. The Hall–Kier alpha value is -3.31. The summed E-state index contributed by atoms with van der Waals surface area (Å²) < 4.78 is 21.3. The first kappa shape index (κ1) is 23.4. The van der Waals surface area contributed by atoms with Crippen LogP contribution in [0.5, 0.6) is 17.2 Å². The summed E-state index contributed by atoms with van der Waals surface area (Å²) in [7, 11) is 5.77. The molecule has 0 radical (unpaired) electrons. The molecule has 3 aromatic rings. The second-order valence-corrected chi connectivity index (χ2v) is 8.39. The third kappa shape index (κ3) is 5.29. The lowest BCUT2D eigenvalue weighted by atomic mass is 10.1. The number of ether oxygens (including phenoxy) is 4. The van der Waals surface area contributed by atoms with Crippen LogP contribution in [-0.4, -0.2) is 50.5 Å². The van der Waals surface area contributed by atoms with Gasteiger partial charge in [-0.05, 0) is 29.8 Å². The fourth-order valence-electron chi connectivity index (χ4n) is 2.76. The summed E-state index contributed by atoms with van der Waals surface area (Å²) in [4.78, 5) is 24.3. The molecule has 1 amide bonds. The van der Waals surface area contributed by atoms with Gasteiger partial charge in [-0.3, -0.25) is 10.1 Å². The van der Waals surface area contributed by atoms with E-state index >= 15 is 0 Å². The molecule has 32 heavy (non-hydrogen) atoms. The number of benzene rings is 2. The summed E-state index contributed by atoms with van der Waals surface area (Å²) in [6, 6.07) is 10.3. The van der Waals surface area contributed by atoms with Crippen molar-refractivity contribution in [1.29, 1.82) is 0 Å². The zero-order valence-electron chi connectivity index (χ0n) is 17.8. The summed E-state index contributed by atoms with van der Waals surface area (Å²) in [5.41, 5.74) is 1.78. The van der Waals surface area contributed by atoms with Crippen LogP contribution >= 0.6 is 23.1 Å². The number of aromatic nitrogens is 2. The summed E-state index contributed by atoms with van der Waals surface area (Å²) >= 11 is 2.73. The Balaban J connectivity index is 1.65. The van der Waals surface area contributed by atoms with Crippen molar-refractivity contribution in [3.8, 4) is 17.2 Å². The molecule has 0 unspecified atom stereocenters. The predicted octanol–water partition coefficient (Wildman–Crippen LogP) is 3.90. The highest BCUT2D eigenvalue weighted by Crippen LogP contribution is 2.40. The lowest BCUT2D eigenvalue weighted by Gasteiger charge is -2.14. The zero-order chi connectivity index (χ0) is 23.1. The number of nitrogens with zero attached hydrogens (tertiary/aromatic N) is 2. The van der Waals surface area contributed by atoms with Crippen LogP contribution in [0.2, 0.25) is 0 Å². The van der Waals surface area contributed by atoms with Crippen molar-refractivity contribution in [2.75, 3.05) is 33.8 Å². The minimum Gasteiger partial charge on any atom is -0.493 e. The molecule has 2 aromatic carbocycles. The molecular formula is C21H21N3O6S2. The SMILES string of the molecule is COC(=O)c1ccc(CSc2nnc(NC(=O)c3ccc(OC)c(OC)c3OC)s2)cc1. The summed E-state index contributed by atoms with van der Waals surface area (Å²) in [5, 5.41) is 11.2. The minimum absolute atomic E-state index is 0.263. The largest absolute Gasteiger partial charge is 0.493 e. The van der Waals surface area contributed by atoms with Crippen LogP contribution in [0.3, 0.4) is 0 Å². The van der Waals surface area contributed by atoms with Gasteiger partial charge < -0.3 is 18.9 Å². The second kappa shape index (κ2) is 10.8. The van der Waals surface area contributed by atoms with Crippen LogP contribution in [0.1, 0.15) is 26.3 Å². The monoisotopic (exact) mass is 475 g/mol. The molecular weight excluding hydrogens is 454 g/mol. The first-order valence-corrected chi connectivity index (χ1v) is 11.0. The smallest absolute Gasteiger partial charge is 0.337 e. The summed E-state index contributed by atoms with van der Waals surface area (Å²) in [6.07, 6.45) is 0. The van der Waals surface area contributed by atoms with E-state index in [1.54, 1.807) is 24.3 Å². The van der Waals surface area contributed by atoms with Gasteiger partial charge in [0, 0.05) is 5.75 Å². The molecule has 0 aliphatic carbocycles. The van der Waals surface area contributed by atoms with E-state index in [9.17, 15) is 9.59 Å². The van der Waals surface area contributed by atoms with Gasteiger partial charge in [0.25, 0.3) is 5.91 Å². The van der Waals surface area contributed by atoms with Gasteiger partial charge in [-0.25, -0.2) is 4.79 Å². The van der Waals surface area contributed by atoms with Crippen LogP contribution in [0.25, 0.3) is 0 Å². The highest BCUT2D eigenvalue weighted by atomic mass is 32.2. The molecule has 1 heterocycles. The normalized spacial score (nSPS) is 10.4. The first-order chi connectivity index (χ1) is 15.5. The Morgan fingerprint density at radius 2 is 1.66 bits per heavy atom. The van der Waals surface area contributed by atoms with Crippen LogP contribution < -0.4 is 19.5 Å². The van der Waals surface area contributed by atoms with Crippen LogP contribution in [0.15, 0.2) is 40.7 Å². The standard InChI is InChI=1S/C21H21N3O6S2/c1-27-15-10-9-14(16(28-2)17(15)29-3)18(25)22-20-23-24-21(32-20)31-11-12-5-7-13(8-6-12)19(26)30-4/h5-10H,11H2,1-4H3,(H,22,23,25). The van der Waals surface area contributed by atoms with Crippen LogP contribution in [0.4, 0.5) is 5.13 Å². The number of carbonyl (C=O) groups excluding carboxylic acids is 2. The summed E-state index contributed by atoms with van der Waals surface area (Å²) in [5.74, 6) is 0.894. The number of thioether (sulfide) groups is 1. The van der Waals surface area contributed by atoms with Crippen molar-refractivity contribution >= 4 is 40.1 Å². The number of carbonyl (C=O) groups is 2. The lowest BCUT2D eigenvalue weighted by molar-refractivity contribution is 0.0600. The molecule has 0 spiro atoms. The third-order valence-corrected chi connectivity index (χ3v) is 6.36. The Morgan fingerprint density at radius 1 is 0.938 bits per heavy atom. The van der Waals surface area contributed by atoms with Gasteiger partial charge in [0.1, 0.15) is 0 Å². The second-order valence-electron chi connectivity index (χ2n) is 6.19. The molecule has 168 valence electrons. The highest BCUT2D eigenvalue weighted by Gasteiger charge is 2.21. The van der Waals surface area contributed by atoms with E-state index in [4.69, 9.17) is 18.9 Å². The number of anilines is 1. The molecule has 0 saturated heterocycles. The molecule has 0 aliphatic rings. The van der Waals surface area contributed by atoms with E-state index in [2.05, 4.69) is 15.5 Å². The quantitative estimate of drug-likeness (QED) is 0.280. The van der Waals surface area contributed by atoms with Crippen molar-refractivity contribution < 1.29 is 28.5 Å². The van der Waals surface area contributed by atoms with Gasteiger partial charge in [-0.2, -0.15) is 0 Å². The predicted molar refractivity (Wildman–Crippen MR) is 121 cm³/mol. The number of hydrogen-bond acceptors (Lipinski definition) is 10. The topological polar surface area (TPSA) is 109 Å². The van der Waals surface area contributed by atoms with Gasteiger partial charge in [-0.15, -0.1) is 10.2 Å². The van der Waals surface area contributed by atoms with Gasteiger partial charge in [-0.1, -0.05) is 35.2 Å². The van der Waals surface area contributed by atoms with Crippen LogP contribution in [0, 0.1) is 0 Å². The maximum Gasteiger partial charge on any atom is 0.337 e. The van der Waals surface area contributed by atoms with Crippen molar-refractivity contribution in [3.63, 3.8) is 0 Å². The highest BCUT2D eigenvalue weighted by molar-refractivity contribution is 8.00. The first-order valence-electron chi connectivity index (χ1n) is 9.24. The number of methoxy groups -OCH3 is 4. The fraction of sp³-hybridized carbons (Fsp3) is 0.238. The van der Waals surface area contributed by atoms with Crippen LogP contribution in [-0.2, 0) is 10.5 Å². The minimum atomic E-state index is -0.408. The number of hydrogen-bond donors (Lipinski definition) is 1. The third-order valence-electron chi connectivity index (χ3n) is 4.31. The molecule has 0 bridgehead atoms. The van der Waals surface area contributed by atoms with Crippen molar-refractivity contribution in [2.45, 2.75) is 10.1 Å². The van der Waals surface area contributed by atoms with Gasteiger partial charge in [0.2, 0.25) is 10.9 Å².